The first-order valence-corrected chi connectivity index (χ1v) is 6.42. The van der Waals surface area contributed by atoms with Crippen LogP contribution in [0.4, 0.5) is 10.1 Å². The molecule has 2 aromatic rings. The Hall–Kier alpha value is -2.23. The molecule has 106 valence electrons. The fourth-order valence-electron chi connectivity index (χ4n) is 1.86. The zero-order valence-corrected chi connectivity index (χ0v) is 11.8. The largest absolute Gasteiger partial charge is 0.494 e. The molecule has 0 atom stereocenters. The third kappa shape index (κ3) is 3.02. The maximum atomic E-state index is 13.5. The molecule has 0 aliphatic rings. The lowest BCUT2D eigenvalue weighted by Crippen LogP contribution is -1.97. The van der Waals surface area contributed by atoms with Gasteiger partial charge in [0, 0.05) is 12.1 Å². The van der Waals surface area contributed by atoms with Gasteiger partial charge in [-0.25, -0.2) is 4.39 Å². The van der Waals surface area contributed by atoms with Crippen LogP contribution in [0.2, 0.25) is 0 Å². The van der Waals surface area contributed by atoms with Crippen LogP contribution in [0.5, 0.6) is 17.2 Å². The molecule has 0 aromatic heterocycles. The lowest BCUT2D eigenvalue weighted by atomic mass is 10.0. The van der Waals surface area contributed by atoms with Crippen LogP contribution < -0.4 is 15.2 Å². The molecular formula is C16H18FNO2. The Morgan fingerprint density at radius 1 is 1.10 bits per heavy atom. The number of halogens is 1. The number of nitrogen functional groups attached to an aromatic ring is 1. The Morgan fingerprint density at radius 2 is 1.85 bits per heavy atom. The van der Waals surface area contributed by atoms with Crippen molar-refractivity contribution >= 4 is 5.69 Å². The van der Waals surface area contributed by atoms with Crippen molar-refractivity contribution in [2.75, 3.05) is 12.8 Å². The number of benzene rings is 2. The van der Waals surface area contributed by atoms with Crippen LogP contribution in [-0.4, -0.2) is 7.11 Å². The van der Waals surface area contributed by atoms with E-state index in [-0.39, 0.29) is 11.4 Å². The van der Waals surface area contributed by atoms with E-state index in [4.69, 9.17) is 15.2 Å². The summed E-state index contributed by atoms with van der Waals surface area (Å²) in [7, 11) is 1.40. The van der Waals surface area contributed by atoms with E-state index in [9.17, 15) is 4.39 Å². The van der Waals surface area contributed by atoms with E-state index < -0.39 is 5.82 Å². The summed E-state index contributed by atoms with van der Waals surface area (Å²) in [5, 5.41) is 0. The van der Waals surface area contributed by atoms with Gasteiger partial charge in [0.25, 0.3) is 0 Å². The van der Waals surface area contributed by atoms with E-state index in [0.717, 1.165) is 5.56 Å². The molecule has 2 rings (SSSR count). The van der Waals surface area contributed by atoms with Crippen LogP contribution in [0.25, 0.3) is 0 Å². The standard InChI is InChI=1S/C16H18FNO2/c1-10(2)11-5-4-6-12(7-11)20-16-9-15(19-3)13(17)8-14(16)18/h4-10H,18H2,1-3H3. The molecular weight excluding hydrogens is 257 g/mol. The lowest BCUT2D eigenvalue weighted by Gasteiger charge is -2.12. The summed E-state index contributed by atoms with van der Waals surface area (Å²) < 4.78 is 24.1. The first kappa shape index (κ1) is 14.2. The fourth-order valence-corrected chi connectivity index (χ4v) is 1.86. The Bertz CT molecular complexity index is 611. The minimum absolute atomic E-state index is 0.106. The van der Waals surface area contributed by atoms with Crippen molar-refractivity contribution < 1.29 is 13.9 Å². The van der Waals surface area contributed by atoms with Gasteiger partial charge in [-0.2, -0.15) is 0 Å². The number of ether oxygens (including phenoxy) is 2. The van der Waals surface area contributed by atoms with Gasteiger partial charge in [0.2, 0.25) is 0 Å². The molecule has 0 spiro atoms. The van der Waals surface area contributed by atoms with Gasteiger partial charge < -0.3 is 15.2 Å². The predicted octanol–water partition coefficient (Wildman–Crippen LogP) is 4.33. The Balaban J connectivity index is 2.32. The number of hydrogen-bond donors (Lipinski definition) is 1. The number of anilines is 1. The van der Waals surface area contributed by atoms with Crippen LogP contribution in [-0.2, 0) is 0 Å². The van der Waals surface area contributed by atoms with Crippen molar-refractivity contribution in [3.63, 3.8) is 0 Å². The predicted molar refractivity (Wildman–Crippen MR) is 78.0 cm³/mol. The quantitative estimate of drug-likeness (QED) is 0.844. The van der Waals surface area contributed by atoms with Crippen molar-refractivity contribution in [1.82, 2.24) is 0 Å². The first-order valence-electron chi connectivity index (χ1n) is 6.42. The molecule has 0 unspecified atom stereocenters. The summed E-state index contributed by atoms with van der Waals surface area (Å²) >= 11 is 0. The molecule has 0 aliphatic heterocycles. The highest BCUT2D eigenvalue weighted by molar-refractivity contribution is 5.57. The van der Waals surface area contributed by atoms with E-state index in [2.05, 4.69) is 13.8 Å². The van der Waals surface area contributed by atoms with Crippen LogP contribution in [0.3, 0.4) is 0 Å². The number of methoxy groups -OCH3 is 1. The topological polar surface area (TPSA) is 44.5 Å². The normalized spacial score (nSPS) is 10.7. The number of hydrogen-bond acceptors (Lipinski definition) is 3. The molecule has 0 saturated heterocycles. The van der Waals surface area contributed by atoms with Gasteiger partial charge in [-0.1, -0.05) is 26.0 Å². The summed E-state index contributed by atoms with van der Waals surface area (Å²) in [5.41, 5.74) is 7.17. The molecule has 0 fully saturated rings. The third-order valence-electron chi connectivity index (χ3n) is 3.04. The van der Waals surface area contributed by atoms with Gasteiger partial charge in [0.1, 0.15) is 5.75 Å². The summed E-state index contributed by atoms with van der Waals surface area (Å²) in [6.45, 7) is 4.21. The Labute approximate surface area is 118 Å². The molecule has 3 nitrogen and oxygen atoms in total. The maximum absolute atomic E-state index is 13.5. The average molecular weight is 275 g/mol. The van der Waals surface area contributed by atoms with Crippen LogP contribution in [0, 0.1) is 5.82 Å². The van der Waals surface area contributed by atoms with Crippen LogP contribution in [0.15, 0.2) is 36.4 Å². The zero-order valence-electron chi connectivity index (χ0n) is 11.8. The number of nitrogens with two attached hydrogens (primary N) is 1. The molecule has 2 N–H and O–H groups in total. The van der Waals surface area contributed by atoms with E-state index in [1.165, 1.54) is 19.2 Å². The smallest absolute Gasteiger partial charge is 0.167 e. The summed E-state index contributed by atoms with van der Waals surface area (Å²) in [6, 6.07) is 10.4. The van der Waals surface area contributed by atoms with Crippen molar-refractivity contribution in [3.8, 4) is 17.2 Å². The van der Waals surface area contributed by atoms with Gasteiger partial charge >= 0.3 is 0 Å². The van der Waals surface area contributed by atoms with E-state index in [0.29, 0.717) is 17.4 Å². The van der Waals surface area contributed by atoms with Gasteiger partial charge in [0.05, 0.1) is 12.8 Å². The molecule has 0 saturated carbocycles. The van der Waals surface area contributed by atoms with Gasteiger partial charge in [-0.05, 0) is 23.6 Å². The van der Waals surface area contributed by atoms with E-state index in [1.54, 1.807) is 0 Å². The van der Waals surface area contributed by atoms with E-state index >= 15 is 0 Å². The second-order valence-electron chi connectivity index (χ2n) is 4.85. The van der Waals surface area contributed by atoms with E-state index in [1.807, 2.05) is 24.3 Å². The fraction of sp³-hybridized carbons (Fsp3) is 0.250. The van der Waals surface area contributed by atoms with Crippen molar-refractivity contribution in [2.24, 2.45) is 0 Å². The SMILES string of the molecule is COc1cc(Oc2cccc(C(C)C)c2)c(N)cc1F. The minimum atomic E-state index is -0.506. The third-order valence-corrected chi connectivity index (χ3v) is 3.04. The maximum Gasteiger partial charge on any atom is 0.167 e. The molecule has 0 radical (unpaired) electrons. The Morgan fingerprint density at radius 3 is 2.50 bits per heavy atom. The van der Waals surface area contributed by atoms with Crippen LogP contribution >= 0.6 is 0 Å². The summed E-state index contributed by atoms with van der Waals surface area (Å²) in [5.74, 6) is 1.04. The summed E-state index contributed by atoms with van der Waals surface area (Å²) in [6.07, 6.45) is 0. The average Bonchev–Trinajstić information content (AvgIpc) is 2.42. The Kier molecular flexibility index (Phi) is 4.13. The molecule has 2 aromatic carbocycles. The van der Waals surface area contributed by atoms with Gasteiger partial charge in [-0.15, -0.1) is 0 Å². The molecule has 0 bridgehead atoms. The first-order chi connectivity index (χ1) is 9.51. The molecule has 4 heteroatoms. The second-order valence-corrected chi connectivity index (χ2v) is 4.85. The molecule has 0 heterocycles. The van der Waals surface area contributed by atoms with Crippen molar-refractivity contribution in [1.29, 1.82) is 0 Å². The number of rotatable bonds is 4. The monoisotopic (exact) mass is 275 g/mol. The zero-order chi connectivity index (χ0) is 14.7. The lowest BCUT2D eigenvalue weighted by molar-refractivity contribution is 0.382. The molecule has 0 amide bonds. The van der Waals surface area contributed by atoms with Crippen LogP contribution in [0.1, 0.15) is 25.3 Å². The van der Waals surface area contributed by atoms with Crippen molar-refractivity contribution in [2.45, 2.75) is 19.8 Å². The summed E-state index contributed by atoms with van der Waals surface area (Å²) in [4.78, 5) is 0. The molecule has 0 aliphatic carbocycles. The van der Waals surface area contributed by atoms with Gasteiger partial charge in [0.15, 0.2) is 17.3 Å². The minimum Gasteiger partial charge on any atom is -0.494 e. The highest BCUT2D eigenvalue weighted by Crippen LogP contribution is 2.34. The second kappa shape index (κ2) is 5.82. The molecule has 20 heavy (non-hydrogen) atoms. The highest BCUT2D eigenvalue weighted by atomic mass is 19.1. The van der Waals surface area contributed by atoms with Crippen molar-refractivity contribution in [3.05, 3.63) is 47.8 Å². The highest BCUT2D eigenvalue weighted by Gasteiger charge is 2.11. The van der Waals surface area contributed by atoms with Gasteiger partial charge in [-0.3, -0.25) is 0 Å².